The molecular weight excluding hydrogens is 452 g/mol. The van der Waals surface area contributed by atoms with E-state index in [0.717, 1.165) is 22.2 Å². The van der Waals surface area contributed by atoms with E-state index in [2.05, 4.69) is 5.32 Å². The number of para-hydroxylation sites is 1. The number of ketones is 1. The third-order valence-electron chi connectivity index (χ3n) is 5.07. The molecule has 0 bridgehead atoms. The summed E-state index contributed by atoms with van der Waals surface area (Å²) in [6.07, 6.45) is 1.59. The van der Waals surface area contributed by atoms with Gasteiger partial charge in [-0.25, -0.2) is 0 Å². The molecule has 0 aliphatic carbocycles. The Morgan fingerprint density at radius 2 is 1.62 bits per heavy atom. The average molecular weight is 473 g/mol. The molecule has 170 valence electrons. The highest BCUT2D eigenvalue weighted by Gasteiger charge is 2.36. The van der Waals surface area contributed by atoms with E-state index in [4.69, 9.17) is 4.74 Å². The summed E-state index contributed by atoms with van der Waals surface area (Å²) in [5, 5.41) is 2.12. The molecule has 1 aliphatic heterocycles. The number of benzene rings is 3. The maximum absolute atomic E-state index is 12.9. The molecule has 1 heterocycles. The van der Waals surface area contributed by atoms with Crippen molar-refractivity contribution < 1.29 is 23.9 Å². The maximum Gasteiger partial charge on any atom is 0.294 e. The zero-order valence-electron chi connectivity index (χ0n) is 18.2. The van der Waals surface area contributed by atoms with Gasteiger partial charge in [0.2, 0.25) is 5.91 Å². The molecule has 1 saturated heterocycles. The number of carbonyl (C=O) groups excluding carboxylic acids is 4. The van der Waals surface area contributed by atoms with E-state index in [1.54, 1.807) is 86.0 Å². The van der Waals surface area contributed by atoms with Crippen molar-refractivity contribution in [3.05, 3.63) is 100 Å². The number of nitrogens with zero attached hydrogens (tertiary/aromatic N) is 1. The SMILES string of the molecule is COc1ccc(/C=C2\SC(=O)N(CC(=O)Nc3ccccc3C(=O)c3ccccc3)C2=O)cc1. The van der Waals surface area contributed by atoms with Crippen LogP contribution in [0.3, 0.4) is 0 Å². The van der Waals surface area contributed by atoms with Crippen molar-refractivity contribution in [2.24, 2.45) is 0 Å². The van der Waals surface area contributed by atoms with E-state index in [1.807, 2.05) is 6.07 Å². The molecule has 4 rings (SSSR count). The highest BCUT2D eigenvalue weighted by molar-refractivity contribution is 8.18. The van der Waals surface area contributed by atoms with Crippen LogP contribution in [-0.4, -0.2) is 41.4 Å². The molecule has 3 aromatic carbocycles. The number of imide groups is 1. The van der Waals surface area contributed by atoms with Crippen LogP contribution in [0.2, 0.25) is 0 Å². The normalized spacial score (nSPS) is 14.4. The molecule has 3 amide bonds. The lowest BCUT2D eigenvalue weighted by molar-refractivity contribution is -0.127. The first kappa shape index (κ1) is 23.0. The first-order chi connectivity index (χ1) is 16.5. The number of ether oxygens (including phenoxy) is 1. The maximum atomic E-state index is 12.9. The highest BCUT2D eigenvalue weighted by atomic mass is 32.2. The van der Waals surface area contributed by atoms with Gasteiger partial charge in [0.25, 0.3) is 11.1 Å². The summed E-state index contributed by atoms with van der Waals surface area (Å²) in [5.41, 5.74) is 1.83. The van der Waals surface area contributed by atoms with Crippen molar-refractivity contribution in [2.45, 2.75) is 0 Å². The Morgan fingerprint density at radius 3 is 2.32 bits per heavy atom. The van der Waals surface area contributed by atoms with E-state index < -0.39 is 23.6 Å². The van der Waals surface area contributed by atoms with Gasteiger partial charge in [-0.1, -0.05) is 54.6 Å². The molecule has 1 aliphatic rings. The van der Waals surface area contributed by atoms with Crippen LogP contribution < -0.4 is 10.1 Å². The number of nitrogens with one attached hydrogen (secondary N) is 1. The summed E-state index contributed by atoms with van der Waals surface area (Å²) in [6, 6.07) is 22.3. The van der Waals surface area contributed by atoms with Crippen LogP contribution in [0.5, 0.6) is 5.75 Å². The van der Waals surface area contributed by atoms with E-state index >= 15 is 0 Å². The standard InChI is InChI=1S/C26H20N2O5S/c1-33-19-13-11-17(12-14-19)15-22-25(31)28(26(32)34-22)16-23(29)27-21-10-6-5-9-20(21)24(30)18-7-3-2-4-8-18/h2-15H,16H2,1H3,(H,27,29)/b22-15-. The minimum atomic E-state index is -0.582. The van der Waals surface area contributed by atoms with E-state index in [0.29, 0.717) is 22.6 Å². The lowest BCUT2D eigenvalue weighted by atomic mass is 10.0. The lowest BCUT2D eigenvalue weighted by Gasteiger charge is -2.14. The van der Waals surface area contributed by atoms with Gasteiger partial charge in [-0.05, 0) is 47.7 Å². The van der Waals surface area contributed by atoms with Gasteiger partial charge in [0.1, 0.15) is 12.3 Å². The van der Waals surface area contributed by atoms with Crippen LogP contribution >= 0.6 is 11.8 Å². The molecule has 7 nitrogen and oxygen atoms in total. The second-order valence-corrected chi connectivity index (χ2v) is 8.32. The highest BCUT2D eigenvalue weighted by Crippen LogP contribution is 2.32. The lowest BCUT2D eigenvalue weighted by Crippen LogP contribution is -2.36. The van der Waals surface area contributed by atoms with Crippen molar-refractivity contribution in [3.8, 4) is 5.75 Å². The summed E-state index contributed by atoms with van der Waals surface area (Å²) in [5.74, 6) is -0.700. The predicted molar refractivity (Wildman–Crippen MR) is 131 cm³/mol. The molecule has 34 heavy (non-hydrogen) atoms. The molecule has 1 fully saturated rings. The molecular formula is C26H20N2O5S. The van der Waals surface area contributed by atoms with E-state index in [1.165, 1.54) is 0 Å². The number of hydrogen-bond acceptors (Lipinski definition) is 6. The second kappa shape index (κ2) is 10.2. The third-order valence-corrected chi connectivity index (χ3v) is 5.98. The number of amides is 3. The summed E-state index contributed by atoms with van der Waals surface area (Å²) in [6.45, 7) is -0.460. The van der Waals surface area contributed by atoms with E-state index in [9.17, 15) is 19.2 Å². The quantitative estimate of drug-likeness (QED) is 0.399. The zero-order valence-corrected chi connectivity index (χ0v) is 19.0. The van der Waals surface area contributed by atoms with Gasteiger partial charge < -0.3 is 10.1 Å². The Bertz CT molecular complexity index is 1290. The Balaban J connectivity index is 1.46. The Kier molecular flexibility index (Phi) is 6.89. The largest absolute Gasteiger partial charge is 0.497 e. The van der Waals surface area contributed by atoms with Gasteiger partial charge in [-0.3, -0.25) is 24.1 Å². The number of rotatable bonds is 7. The molecule has 0 saturated carbocycles. The third kappa shape index (κ3) is 5.07. The van der Waals surface area contributed by atoms with Gasteiger partial charge in [0, 0.05) is 11.1 Å². The van der Waals surface area contributed by atoms with Crippen molar-refractivity contribution in [3.63, 3.8) is 0 Å². The van der Waals surface area contributed by atoms with Crippen LogP contribution in [0.25, 0.3) is 6.08 Å². The first-order valence-electron chi connectivity index (χ1n) is 10.3. The summed E-state index contributed by atoms with van der Waals surface area (Å²) < 4.78 is 5.11. The summed E-state index contributed by atoms with van der Waals surface area (Å²) >= 11 is 0.773. The molecule has 3 aromatic rings. The number of carbonyl (C=O) groups is 4. The number of hydrogen-bond donors (Lipinski definition) is 1. The summed E-state index contributed by atoms with van der Waals surface area (Å²) in [4.78, 5) is 51.8. The van der Waals surface area contributed by atoms with Crippen LogP contribution in [0.15, 0.2) is 83.8 Å². The van der Waals surface area contributed by atoms with Crippen molar-refractivity contribution in [1.82, 2.24) is 4.90 Å². The minimum Gasteiger partial charge on any atom is -0.497 e. The molecule has 8 heteroatoms. The zero-order chi connectivity index (χ0) is 24.1. The van der Waals surface area contributed by atoms with E-state index in [-0.39, 0.29) is 10.7 Å². The number of thioether (sulfide) groups is 1. The predicted octanol–water partition coefficient (Wildman–Crippen LogP) is 4.60. The van der Waals surface area contributed by atoms with Gasteiger partial charge in [0.15, 0.2) is 5.78 Å². The van der Waals surface area contributed by atoms with Gasteiger partial charge in [-0.15, -0.1) is 0 Å². The molecule has 0 spiro atoms. The van der Waals surface area contributed by atoms with Crippen LogP contribution in [0, 0.1) is 0 Å². The topological polar surface area (TPSA) is 92.8 Å². The van der Waals surface area contributed by atoms with Crippen molar-refractivity contribution >= 4 is 46.4 Å². The van der Waals surface area contributed by atoms with Crippen molar-refractivity contribution in [2.75, 3.05) is 19.0 Å². The second-order valence-electron chi connectivity index (χ2n) is 7.33. The van der Waals surface area contributed by atoms with Crippen LogP contribution in [0.4, 0.5) is 10.5 Å². The van der Waals surface area contributed by atoms with Crippen LogP contribution in [-0.2, 0) is 9.59 Å². The van der Waals surface area contributed by atoms with Gasteiger partial charge in [-0.2, -0.15) is 0 Å². The average Bonchev–Trinajstić information content (AvgIpc) is 3.12. The van der Waals surface area contributed by atoms with Gasteiger partial charge >= 0.3 is 0 Å². The number of anilines is 1. The Hall–Kier alpha value is -4.17. The fourth-order valence-corrected chi connectivity index (χ4v) is 4.19. The molecule has 0 atom stereocenters. The molecule has 0 radical (unpaired) electrons. The smallest absolute Gasteiger partial charge is 0.294 e. The summed E-state index contributed by atoms with van der Waals surface area (Å²) in [7, 11) is 1.56. The van der Waals surface area contributed by atoms with Gasteiger partial charge in [0.05, 0.1) is 17.7 Å². The number of methoxy groups -OCH3 is 1. The Morgan fingerprint density at radius 1 is 0.941 bits per heavy atom. The Labute approximate surface area is 200 Å². The molecule has 0 unspecified atom stereocenters. The molecule has 0 aromatic heterocycles. The monoisotopic (exact) mass is 472 g/mol. The van der Waals surface area contributed by atoms with Crippen LogP contribution in [0.1, 0.15) is 21.5 Å². The van der Waals surface area contributed by atoms with Crippen molar-refractivity contribution in [1.29, 1.82) is 0 Å². The molecule has 1 N–H and O–H groups in total. The fourth-order valence-electron chi connectivity index (χ4n) is 3.36. The fraction of sp³-hybridized carbons (Fsp3) is 0.0769. The minimum absolute atomic E-state index is 0.225. The first-order valence-corrected chi connectivity index (χ1v) is 11.2.